The van der Waals surface area contributed by atoms with Crippen LogP contribution in [0.4, 0.5) is 0 Å². The maximum atomic E-state index is 3.46. The fraction of sp³-hybridized carbons (Fsp3) is 0.200. The van der Waals surface area contributed by atoms with Gasteiger partial charge < -0.3 is 1.43 Å². The molecule has 0 aromatic rings. The van der Waals surface area contributed by atoms with Gasteiger partial charge in [-0.1, -0.05) is 24.8 Å². The molecule has 0 unspecified atom stereocenters. The molecule has 0 radical (unpaired) electrons. The minimum atomic E-state index is 0. The molecule has 0 rings (SSSR count). The monoisotopic (exact) mass is 76.1 g/mol. The maximum absolute atomic E-state index is 3.46. The van der Waals surface area contributed by atoms with Crippen LogP contribution in [0.15, 0.2) is 24.8 Å². The van der Waals surface area contributed by atoms with Crippen LogP contribution in [0.2, 0.25) is 0 Å². The zero-order chi connectivity index (χ0) is 4.12. The van der Waals surface area contributed by atoms with Crippen molar-refractivity contribution in [2.24, 2.45) is 0 Å². The Labute approximate surface area is 52.6 Å². The summed E-state index contributed by atoms with van der Waals surface area (Å²) in [6.45, 7) is 5.42. The maximum Gasteiger partial charge on any atom is 1.00 e. The Morgan fingerprint density at radius 3 is 2.17 bits per heavy atom. The van der Waals surface area contributed by atoms with E-state index in [4.69, 9.17) is 0 Å². The molecule has 0 nitrogen and oxygen atoms in total. The molecule has 0 saturated carbocycles. The van der Waals surface area contributed by atoms with Crippen molar-refractivity contribution < 1.29 is 20.3 Å². The van der Waals surface area contributed by atoms with Gasteiger partial charge in [-0.2, -0.15) is 0 Å². The van der Waals surface area contributed by atoms with Crippen LogP contribution >= 0.6 is 0 Å². The van der Waals surface area contributed by atoms with Crippen LogP contribution in [0.5, 0.6) is 0 Å². The zero-order valence-corrected chi connectivity index (χ0v) is 4.44. The Morgan fingerprint density at radius 2 is 2.17 bits per heavy atom. The molecule has 0 atom stereocenters. The van der Waals surface area contributed by atoms with E-state index in [-0.39, 0.29) is 20.3 Å². The average Bonchev–Trinajstić information content (AvgIpc) is 1.41. The molecule has 0 aliphatic heterocycles. The Kier molecular flexibility index (Phi) is 14.0. The van der Waals surface area contributed by atoms with Crippen LogP contribution in [0.25, 0.3) is 0 Å². The van der Waals surface area contributed by atoms with Crippen LogP contribution in [-0.4, -0.2) is 0 Å². The van der Waals surface area contributed by atoms with Gasteiger partial charge >= 0.3 is 18.9 Å². The minimum Gasteiger partial charge on any atom is -1.00 e. The van der Waals surface area contributed by atoms with Crippen molar-refractivity contribution in [3.8, 4) is 0 Å². The number of rotatable bonds is 1. The van der Waals surface area contributed by atoms with Crippen molar-refractivity contribution in [2.45, 2.75) is 6.92 Å². The third-order valence-corrected chi connectivity index (χ3v) is 0.329. The number of allylic oxidation sites excluding steroid dienone is 3. The summed E-state index contributed by atoms with van der Waals surface area (Å²) in [6, 6.07) is 0. The molecule has 0 fully saturated rings. The molecule has 0 aromatic carbocycles. The second-order valence-corrected chi connectivity index (χ2v) is 0.761. The summed E-state index contributed by atoms with van der Waals surface area (Å²) >= 11 is 0. The topological polar surface area (TPSA) is 0 Å². The van der Waals surface area contributed by atoms with Gasteiger partial charge in [-0.3, -0.25) is 0 Å². The first kappa shape index (κ1) is 9.42. The van der Waals surface area contributed by atoms with E-state index in [1.54, 1.807) is 6.08 Å². The first-order valence-corrected chi connectivity index (χ1v) is 1.65. The van der Waals surface area contributed by atoms with Gasteiger partial charge in [0.2, 0.25) is 0 Å². The average molecular weight is 76.1 g/mol. The summed E-state index contributed by atoms with van der Waals surface area (Å²) in [5.41, 5.74) is 0. The van der Waals surface area contributed by atoms with E-state index < -0.39 is 0 Å². The van der Waals surface area contributed by atoms with Crippen molar-refractivity contribution in [1.29, 1.82) is 0 Å². The molecule has 0 aliphatic rings. The van der Waals surface area contributed by atoms with Crippen LogP contribution in [-0.2, 0) is 0 Å². The molecule has 0 spiro atoms. The van der Waals surface area contributed by atoms with E-state index >= 15 is 0 Å². The van der Waals surface area contributed by atoms with Crippen molar-refractivity contribution >= 4 is 0 Å². The summed E-state index contributed by atoms with van der Waals surface area (Å²) in [5, 5.41) is 0. The smallest absolute Gasteiger partial charge is 1.00 e. The second-order valence-electron chi connectivity index (χ2n) is 0.761. The Morgan fingerprint density at radius 1 is 1.67 bits per heavy atom. The molecule has 0 aromatic heterocycles. The van der Waals surface area contributed by atoms with E-state index in [2.05, 4.69) is 6.58 Å². The zero-order valence-electron chi connectivity index (χ0n) is 5.44. The molecule has 0 heterocycles. The standard InChI is InChI=1S/C5H8.Li.H/c1-3-5-4-2;;/h3-5H,1H2,2H3;;/q;+1;-1. The SMILES string of the molecule is C=CC=CC.[H-].[Li+]. The predicted octanol–water partition coefficient (Wildman–Crippen LogP) is -1.13. The summed E-state index contributed by atoms with van der Waals surface area (Å²) in [6.07, 6.45) is 5.58. The van der Waals surface area contributed by atoms with E-state index in [1.807, 2.05) is 19.1 Å². The molecule has 0 amide bonds. The summed E-state index contributed by atoms with van der Waals surface area (Å²) in [4.78, 5) is 0. The summed E-state index contributed by atoms with van der Waals surface area (Å²) in [5.74, 6) is 0. The normalized spacial score (nSPS) is 7.50. The van der Waals surface area contributed by atoms with Crippen molar-refractivity contribution in [3.63, 3.8) is 0 Å². The number of hydrogen-bond donors (Lipinski definition) is 0. The molecule has 0 aliphatic carbocycles. The van der Waals surface area contributed by atoms with Crippen molar-refractivity contribution in [2.75, 3.05) is 0 Å². The molecule has 1 heteroatoms. The van der Waals surface area contributed by atoms with Crippen LogP contribution < -0.4 is 18.9 Å². The first-order valence-electron chi connectivity index (χ1n) is 1.65. The van der Waals surface area contributed by atoms with Gasteiger partial charge in [0.25, 0.3) is 0 Å². The second kappa shape index (κ2) is 8.91. The van der Waals surface area contributed by atoms with E-state index in [0.29, 0.717) is 0 Å². The molecular formula is C5H9Li. The Hall–Kier alpha value is 0.0774. The molecule has 30 valence electrons. The third kappa shape index (κ3) is 8.95. The molecule has 0 saturated heterocycles. The minimum absolute atomic E-state index is 0. The largest absolute Gasteiger partial charge is 1.00 e. The molecule has 6 heavy (non-hydrogen) atoms. The van der Waals surface area contributed by atoms with Crippen LogP contribution in [0.3, 0.4) is 0 Å². The van der Waals surface area contributed by atoms with Gasteiger partial charge in [0.1, 0.15) is 0 Å². The van der Waals surface area contributed by atoms with E-state index in [9.17, 15) is 0 Å². The van der Waals surface area contributed by atoms with E-state index in [1.165, 1.54) is 0 Å². The fourth-order valence-electron chi connectivity index (χ4n) is 0.136. The number of hydrogen-bond acceptors (Lipinski definition) is 0. The van der Waals surface area contributed by atoms with Gasteiger partial charge in [-0.25, -0.2) is 0 Å². The first-order chi connectivity index (χ1) is 2.41. The summed E-state index contributed by atoms with van der Waals surface area (Å²) < 4.78 is 0. The van der Waals surface area contributed by atoms with Crippen molar-refractivity contribution in [3.05, 3.63) is 24.8 Å². The summed E-state index contributed by atoms with van der Waals surface area (Å²) in [7, 11) is 0. The van der Waals surface area contributed by atoms with Gasteiger partial charge in [0.15, 0.2) is 0 Å². The molecule has 0 N–H and O–H groups in total. The molecule has 0 bridgehead atoms. The predicted molar refractivity (Wildman–Crippen MR) is 26.1 cm³/mol. The third-order valence-electron chi connectivity index (χ3n) is 0.329. The van der Waals surface area contributed by atoms with Crippen LogP contribution in [0.1, 0.15) is 8.35 Å². The van der Waals surface area contributed by atoms with Crippen molar-refractivity contribution in [1.82, 2.24) is 0 Å². The van der Waals surface area contributed by atoms with Gasteiger partial charge in [-0.15, -0.1) is 0 Å². The Balaban J connectivity index is -0.0000000800. The fourth-order valence-corrected chi connectivity index (χ4v) is 0.136. The molecular weight excluding hydrogens is 67.0 g/mol. The van der Waals surface area contributed by atoms with E-state index in [0.717, 1.165) is 0 Å². The van der Waals surface area contributed by atoms with Gasteiger partial charge in [0, 0.05) is 0 Å². The van der Waals surface area contributed by atoms with Gasteiger partial charge in [0.05, 0.1) is 0 Å². The van der Waals surface area contributed by atoms with Gasteiger partial charge in [-0.05, 0) is 6.92 Å². The quantitative estimate of drug-likeness (QED) is 0.274. The Bertz CT molecular complexity index is 50.0. The van der Waals surface area contributed by atoms with Crippen LogP contribution in [0, 0.1) is 0 Å².